The average molecular weight is 221 g/mol. The van der Waals surface area contributed by atoms with Crippen molar-refractivity contribution in [3.8, 4) is 0 Å². The largest absolute Gasteiger partial charge is 0.445 e. The van der Waals surface area contributed by atoms with Crippen molar-refractivity contribution >= 4 is 17.1 Å². The lowest BCUT2D eigenvalue weighted by molar-refractivity contribution is -0.116. The number of carbonyl (C=O) groups excluding carboxylic acids is 1. The van der Waals surface area contributed by atoms with E-state index in [1.807, 2.05) is 17.5 Å². The molecule has 2 aromatic rings. The summed E-state index contributed by atoms with van der Waals surface area (Å²) >= 11 is 1.67. The Morgan fingerprint density at radius 1 is 1.60 bits per heavy atom. The Labute approximate surface area is 91.8 Å². The average Bonchev–Trinajstić information content (AvgIpc) is 2.77. The Kier molecular flexibility index (Phi) is 2.97. The highest BCUT2D eigenvalue weighted by atomic mass is 32.1. The molecule has 0 spiro atoms. The highest BCUT2D eigenvalue weighted by Gasteiger charge is 2.07. The topological polar surface area (TPSA) is 43.1 Å². The van der Waals surface area contributed by atoms with E-state index in [2.05, 4.69) is 4.98 Å². The van der Waals surface area contributed by atoms with Crippen LogP contribution in [-0.4, -0.2) is 10.8 Å². The number of ketones is 1. The second-order valence-corrected chi connectivity index (χ2v) is 4.39. The molecule has 0 unspecified atom stereocenters. The summed E-state index contributed by atoms with van der Waals surface area (Å²) in [5, 5.41) is 2.02. The van der Waals surface area contributed by atoms with Gasteiger partial charge in [0, 0.05) is 4.88 Å². The molecule has 0 atom stereocenters. The van der Waals surface area contributed by atoms with Crippen LogP contribution in [-0.2, 0) is 17.6 Å². The van der Waals surface area contributed by atoms with E-state index in [0.717, 1.165) is 0 Å². The molecule has 2 rings (SSSR count). The Bertz CT molecular complexity index is 445. The zero-order valence-electron chi connectivity index (χ0n) is 8.40. The SMILES string of the molecule is CC(=O)Cc1cnc(Cc2cccs2)o1. The zero-order valence-corrected chi connectivity index (χ0v) is 9.21. The molecule has 0 aliphatic heterocycles. The number of nitrogens with zero attached hydrogens (tertiary/aromatic N) is 1. The van der Waals surface area contributed by atoms with Crippen molar-refractivity contribution in [2.75, 3.05) is 0 Å². The smallest absolute Gasteiger partial charge is 0.199 e. The van der Waals surface area contributed by atoms with Crippen molar-refractivity contribution in [3.63, 3.8) is 0 Å². The molecule has 0 saturated carbocycles. The van der Waals surface area contributed by atoms with Gasteiger partial charge in [0.25, 0.3) is 0 Å². The maximum atomic E-state index is 10.9. The van der Waals surface area contributed by atoms with Gasteiger partial charge in [-0.05, 0) is 18.4 Å². The lowest BCUT2D eigenvalue weighted by Gasteiger charge is -1.91. The molecule has 0 fully saturated rings. The minimum absolute atomic E-state index is 0.0915. The molecule has 3 nitrogen and oxygen atoms in total. The van der Waals surface area contributed by atoms with Gasteiger partial charge in [0.2, 0.25) is 0 Å². The fraction of sp³-hybridized carbons (Fsp3) is 0.273. The van der Waals surface area contributed by atoms with Gasteiger partial charge in [-0.2, -0.15) is 0 Å². The standard InChI is InChI=1S/C11H11NO2S/c1-8(13)5-9-7-12-11(14-9)6-10-3-2-4-15-10/h2-4,7H,5-6H2,1H3. The van der Waals surface area contributed by atoms with Crippen molar-refractivity contribution in [2.24, 2.45) is 0 Å². The lowest BCUT2D eigenvalue weighted by atomic mass is 10.3. The number of Topliss-reactive ketones (excluding diaryl/α,β-unsaturated/α-hetero) is 1. The fourth-order valence-electron chi connectivity index (χ4n) is 1.32. The first-order valence-corrected chi connectivity index (χ1v) is 5.57. The molecule has 78 valence electrons. The van der Waals surface area contributed by atoms with Gasteiger partial charge in [-0.3, -0.25) is 4.79 Å². The minimum atomic E-state index is 0.0915. The molecular formula is C11H11NO2S. The van der Waals surface area contributed by atoms with Crippen molar-refractivity contribution < 1.29 is 9.21 Å². The van der Waals surface area contributed by atoms with Crippen LogP contribution in [0, 0.1) is 0 Å². The van der Waals surface area contributed by atoms with Gasteiger partial charge < -0.3 is 4.42 Å². The van der Waals surface area contributed by atoms with Crippen molar-refractivity contribution in [1.29, 1.82) is 0 Å². The van der Waals surface area contributed by atoms with Gasteiger partial charge in [-0.1, -0.05) is 6.07 Å². The number of aromatic nitrogens is 1. The molecule has 4 heteroatoms. The van der Waals surface area contributed by atoms with Crippen LogP contribution >= 0.6 is 11.3 Å². The third-order valence-corrected chi connectivity index (χ3v) is 2.81. The van der Waals surface area contributed by atoms with Crippen LogP contribution in [0.25, 0.3) is 0 Å². The summed E-state index contributed by atoms with van der Waals surface area (Å²) in [4.78, 5) is 16.2. The first-order chi connectivity index (χ1) is 7.24. The van der Waals surface area contributed by atoms with Gasteiger partial charge in [0.15, 0.2) is 5.89 Å². The molecule has 0 N–H and O–H groups in total. The number of thiophene rings is 1. The number of hydrogen-bond donors (Lipinski definition) is 0. The number of rotatable bonds is 4. The molecule has 0 radical (unpaired) electrons. The molecule has 0 saturated heterocycles. The van der Waals surface area contributed by atoms with E-state index in [0.29, 0.717) is 24.5 Å². The van der Waals surface area contributed by atoms with Crippen molar-refractivity contribution in [1.82, 2.24) is 4.98 Å². The molecule has 0 bridgehead atoms. The van der Waals surface area contributed by atoms with Crippen LogP contribution in [0.1, 0.15) is 23.5 Å². The fourth-order valence-corrected chi connectivity index (χ4v) is 2.01. The summed E-state index contributed by atoms with van der Waals surface area (Å²) in [5.74, 6) is 1.41. The molecule has 0 aromatic carbocycles. The predicted octanol–water partition coefficient (Wildman–Crippen LogP) is 2.46. The summed E-state index contributed by atoms with van der Waals surface area (Å²) in [7, 11) is 0. The second kappa shape index (κ2) is 4.40. The van der Waals surface area contributed by atoms with Crippen LogP contribution in [0.4, 0.5) is 0 Å². The summed E-state index contributed by atoms with van der Waals surface area (Å²) < 4.78 is 5.44. The third kappa shape index (κ3) is 2.76. The third-order valence-electron chi connectivity index (χ3n) is 1.93. The molecule has 2 heterocycles. The van der Waals surface area contributed by atoms with Crippen molar-refractivity contribution in [3.05, 3.63) is 40.2 Å². The van der Waals surface area contributed by atoms with E-state index in [9.17, 15) is 4.79 Å². The first-order valence-electron chi connectivity index (χ1n) is 4.69. The minimum Gasteiger partial charge on any atom is -0.445 e. The quantitative estimate of drug-likeness (QED) is 0.796. The van der Waals surface area contributed by atoms with E-state index >= 15 is 0 Å². The molecule has 0 aliphatic rings. The van der Waals surface area contributed by atoms with Crippen LogP contribution < -0.4 is 0 Å². The van der Waals surface area contributed by atoms with E-state index in [1.54, 1.807) is 24.5 Å². The van der Waals surface area contributed by atoms with Gasteiger partial charge in [0.1, 0.15) is 11.5 Å². The molecule has 2 aromatic heterocycles. The first kappa shape index (κ1) is 10.1. The highest BCUT2D eigenvalue weighted by Crippen LogP contribution is 2.15. The van der Waals surface area contributed by atoms with Gasteiger partial charge in [-0.25, -0.2) is 4.98 Å². The summed E-state index contributed by atoms with van der Waals surface area (Å²) in [6, 6.07) is 4.04. The maximum Gasteiger partial charge on any atom is 0.199 e. The van der Waals surface area contributed by atoms with E-state index < -0.39 is 0 Å². The number of carbonyl (C=O) groups is 1. The predicted molar refractivity (Wildman–Crippen MR) is 58.0 cm³/mol. The molecule has 0 aliphatic carbocycles. The molecular weight excluding hydrogens is 210 g/mol. The Morgan fingerprint density at radius 3 is 3.13 bits per heavy atom. The van der Waals surface area contributed by atoms with Gasteiger partial charge in [0.05, 0.1) is 19.0 Å². The van der Waals surface area contributed by atoms with Crippen LogP contribution in [0.3, 0.4) is 0 Å². The number of hydrogen-bond acceptors (Lipinski definition) is 4. The summed E-state index contributed by atoms with van der Waals surface area (Å²) in [6.07, 6.45) is 2.66. The zero-order chi connectivity index (χ0) is 10.7. The second-order valence-electron chi connectivity index (χ2n) is 3.36. The Morgan fingerprint density at radius 2 is 2.47 bits per heavy atom. The normalized spacial score (nSPS) is 10.5. The highest BCUT2D eigenvalue weighted by molar-refractivity contribution is 7.09. The van der Waals surface area contributed by atoms with E-state index in [-0.39, 0.29) is 5.78 Å². The van der Waals surface area contributed by atoms with Gasteiger partial charge in [-0.15, -0.1) is 11.3 Å². The maximum absolute atomic E-state index is 10.9. The molecule has 0 amide bonds. The van der Waals surface area contributed by atoms with Crippen LogP contribution in [0.15, 0.2) is 28.1 Å². The van der Waals surface area contributed by atoms with Crippen LogP contribution in [0.5, 0.6) is 0 Å². The van der Waals surface area contributed by atoms with E-state index in [1.165, 1.54) is 4.88 Å². The van der Waals surface area contributed by atoms with Crippen molar-refractivity contribution in [2.45, 2.75) is 19.8 Å². The van der Waals surface area contributed by atoms with E-state index in [4.69, 9.17) is 4.42 Å². The van der Waals surface area contributed by atoms with Gasteiger partial charge >= 0.3 is 0 Å². The molecule has 15 heavy (non-hydrogen) atoms. The summed E-state index contributed by atoms with van der Waals surface area (Å²) in [6.45, 7) is 1.54. The monoisotopic (exact) mass is 221 g/mol. The Balaban J connectivity index is 2.04. The summed E-state index contributed by atoms with van der Waals surface area (Å²) in [5.41, 5.74) is 0. The lowest BCUT2D eigenvalue weighted by Crippen LogP contribution is -1.93. The number of oxazole rings is 1. The van der Waals surface area contributed by atoms with Crippen LogP contribution in [0.2, 0.25) is 0 Å². The Hall–Kier alpha value is -1.42.